The van der Waals surface area contributed by atoms with Gasteiger partial charge in [0.05, 0.1) is 12.1 Å². The summed E-state index contributed by atoms with van der Waals surface area (Å²) in [4.78, 5) is 2.38. The molecule has 0 unspecified atom stereocenters. The van der Waals surface area contributed by atoms with Crippen molar-refractivity contribution in [1.29, 1.82) is 0 Å². The molecule has 3 nitrogen and oxygen atoms in total. The zero-order valence-electron chi connectivity index (χ0n) is 11.8. The normalized spacial score (nSPS) is 16.8. The van der Waals surface area contributed by atoms with Crippen LogP contribution in [0.2, 0.25) is 5.02 Å². The zero-order valence-corrected chi connectivity index (χ0v) is 12.5. The predicted molar refractivity (Wildman–Crippen MR) is 79.9 cm³/mol. The third-order valence-electron chi connectivity index (χ3n) is 3.70. The van der Waals surface area contributed by atoms with Crippen molar-refractivity contribution in [3.63, 3.8) is 0 Å². The van der Waals surface area contributed by atoms with Crippen LogP contribution in [-0.4, -0.2) is 38.7 Å². The molecular formula is C15H23ClN2O. The van der Waals surface area contributed by atoms with Crippen molar-refractivity contribution >= 4 is 11.6 Å². The largest absolute Gasteiger partial charge is 0.495 e. The van der Waals surface area contributed by atoms with E-state index in [9.17, 15) is 0 Å². The second-order valence-corrected chi connectivity index (χ2v) is 5.77. The Morgan fingerprint density at radius 2 is 2.11 bits per heavy atom. The van der Waals surface area contributed by atoms with E-state index in [1.165, 1.54) is 18.4 Å². The molecule has 0 radical (unpaired) electrons. The first kappa shape index (κ1) is 14.6. The Kier molecular flexibility index (Phi) is 5.49. The molecule has 0 atom stereocenters. The van der Waals surface area contributed by atoms with E-state index in [0.29, 0.717) is 5.02 Å². The van der Waals surface area contributed by atoms with Crippen LogP contribution in [0.3, 0.4) is 0 Å². The van der Waals surface area contributed by atoms with Gasteiger partial charge in [-0.2, -0.15) is 0 Å². The number of nitrogens with one attached hydrogen (secondary N) is 1. The highest BCUT2D eigenvalue weighted by molar-refractivity contribution is 6.32. The van der Waals surface area contributed by atoms with Gasteiger partial charge in [0.15, 0.2) is 0 Å². The number of methoxy groups -OCH3 is 1. The average molecular weight is 283 g/mol. The minimum absolute atomic E-state index is 0.690. The fourth-order valence-electron chi connectivity index (χ4n) is 2.69. The molecule has 1 saturated heterocycles. The third-order valence-corrected chi connectivity index (χ3v) is 3.99. The highest BCUT2D eigenvalue weighted by Crippen LogP contribution is 2.25. The maximum Gasteiger partial charge on any atom is 0.137 e. The van der Waals surface area contributed by atoms with Gasteiger partial charge in [0.1, 0.15) is 5.75 Å². The lowest BCUT2D eigenvalue weighted by atomic mass is 9.97. The predicted octanol–water partition coefficient (Wildman–Crippen LogP) is 2.78. The van der Waals surface area contributed by atoms with Crippen LogP contribution >= 0.6 is 11.6 Å². The van der Waals surface area contributed by atoms with Crippen LogP contribution in [0.1, 0.15) is 18.4 Å². The van der Waals surface area contributed by atoms with Crippen molar-refractivity contribution in [3.05, 3.63) is 28.8 Å². The summed E-state index contributed by atoms with van der Waals surface area (Å²) in [6, 6.07) is 6.03. The van der Waals surface area contributed by atoms with E-state index < -0.39 is 0 Å². The Labute approximate surface area is 120 Å². The molecule has 1 aliphatic rings. The van der Waals surface area contributed by atoms with Gasteiger partial charge >= 0.3 is 0 Å². The maximum absolute atomic E-state index is 6.15. The number of ether oxygens (including phenoxy) is 1. The van der Waals surface area contributed by atoms with E-state index in [4.69, 9.17) is 16.3 Å². The van der Waals surface area contributed by atoms with E-state index in [2.05, 4.69) is 23.3 Å². The molecule has 106 valence electrons. The second-order valence-electron chi connectivity index (χ2n) is 5.36. The molecule has 0 aromatic heterocycles. The summed E-state index contributed by atoms with van der Waals surface area (Å²) in [5, 5.41) is 4.10. The summed E-state index contributed by atoms with van der Waals surface area (Å²) < 4.78 is 5.17. The van der Waals surface area contributed by atoms with Gasteiger partial charge in [0, 0.05) is 13.1 Å². The first-order chi connectivity index (χ1) is 9.19. The standard InChI is InChI=1S/C15H23ClN2O/c1-18(10-12-5-7-17-8-6-12)11-13-3-4-15(19-2)14(16)9-13/h3-4,9,12,17H,5-8,10-11H2,1-2H3. The number of hydrogen-bond donors (Lipinski definition) is 1. The highest BCUT2D eigenvalue weighted by atomic mass is 35.5. The molecule has 1 fully saturated rings. The molecule has 19 heavy (non-hydrogen) atoms. The van der Waals surface area contributed by atoms with Gasteiger partial charge < -0.3 is 15.0 Å². The van der Waals surface area contributed by atoms with E-state index in [1.807, 2.05) is 12.1 Å². The molecule has 1 aromatic carbocycles. The van der Waals surface area contributed by atoms with Crippen molar-refractivity contribution < 1.29 is 4.74 Å². The summed E-state index contributed by atoms with van der Waals surface area (Å²) >= 11 is 6.15. The Balaban J connectivity index is 1.87. The molecule has 0 aliphatic carbocycles. The third kappa shape index (κ3) is 4.37. The Morgan fingerprint density at radius 1 is 1.37 bits per heavy atom. The number of nitrogens with zero attached hydrogens (tertiary/aromatic N) is 1. The van der Waals surface area contributed by atoms with Crippen LogP contribution < -0.4 is 10.1 Å². The number of benzene rings is 1. The number of halogens is 1. The van der Waals surface area contributed by atoms with Gasteiger partial charge in [-0.25, -0.2) is 0 Å². The Morgan fingerprint density at radius 3 is 2.74 bits per heavy atom. The molecule has 0 amide bonds. The number of piperidine rings is 1. The molecule has 1 heterocycles. The van der Waals surface area contributed by atoms with E-state index in [-0.39, 0.29) is 0 Å². The number of rotatable bonds is 5. The fourth-order valence-corrected chi connectivity index (χ4v) is 2.97. The molecule has 1 aromatic rings. The van der Waals surface area contributed by atoms with Crippen molar-refractivity contribution in [2.45, 2.75) is 19.4 Å². The average Bonchev–Trinajstić information content (AvgIpc) is 2.40. The molecule has 0 saturated carbocycles. The highest BCUT2D eigenvalue weighted by Gasteiger charge is 2.15. The Hall–Kier alpha value is -0.770. The summed E-state index contributed by atoms with van der Waals surface area (Å²) in [6.45, 7) is 4.42. The number of hydrogen-bond acceptors (Lipinski definition) is 3. The van der Waals surface area contributed by atoms with Crippen molar-refractivity contribution in [3.8, 4) is 5.75 Å². The lowest BCUT2D eigenvalue weighted by Gasteiger charge is -2.27. The van der Waals surface area contributed by atoms with Crippen LogP contribution in [-0.2, 0) is 6.54 Å². The van der Waals surface area contributed by atoms with Crippen LogP contribution in [0.4, 0.5) is 0 Å². The summed E-state index contributed by atoms with van der Waals surface area (Å²) in [6.07, 6.45) is 2.57. The van der Waals surface area contributed by atoms with Gasteiger partial charge in [-0.1, -0.05) is 17.7 Å². The second kappa shape index (κ2) is 7.13. The lowest BCUT2D eigenvalue weighted by Crippen LogP contribution is -2.34. The SMILES string of the molecule is COc1ccc(CN(C)CC2CCNCC2)cc1Cl. The van der Waals surface area contributed by atoms with Crippen LogP contribution in [0.15, 0.2) is 18.2 Å². The van der Waals surface area contributed by atoms with Crippen LogP contribution in [0.5, 0.6) is 5.75 Å². The topological polar surface area (TPSA) is 24.5 Å². The van der Waals surface area contributed by atoms with E-state index in [0.717, 1.165) is 37.8 Å². The van der Waals surface area contributed by atoms with Gasteiger partial charge in [-0.3, -0.25) is 0 Å². The smallest absolute Gasteiger partial charge is 0.137 e. The first-order valence-corrected chi connectivity index (χ1v) is 7.28. The maximum atomic E-state index is 6.15. The molecular weight excluding hydrogens is 260 g/mol. The monoisotopic (exact) mass is 282 g/mol. The van der Waals surface area contributed by atoms with Gasteiger partial charge in [0.25, 0.3) is 0 Å². The van der Waals surface area contributed by atoms with Crippen LogP contribution in [0, 0.1) is 5.92 Å². The zero-order chi connectivity index (χ0) is 13.7. The quantitative estimate of drug-likeness (QED) is 0.899. The minimum Gasteiger partial charge on any atom is -0.495 e. The van der Waals surface area contributed by atoms with Crippen LogP contribution in [0.25, 0.3) is 0 Å². The summed E-state index contributed by atoms with van der Waals surface area (Å²) in [5.74, 6) is 1.56. The summed E-state index contributed by atoms with van der Waals surface area (Å²) in [7, 11) is 3.82. The van der Waals surface area contributed by atoms with Gasteiger partial charge in [-0.05, 0) is 56.6 Å². The van der Waals surface area contributed by atoms with Gasteiger partial charge in [0.2, 0.25) is 0 Å². The molecule has 2 rings (SSSR count). The lowest BCUT2D eigenvalue weighted by molar-refractivity contribution is 0.234. The van der Waals surface area contributed by atoms with Crippen molar-refractivity contribution in [2.75, 3.05) is 33.8 Å². The fraction of sp³-hybridized carbons (Fsp3) is 0.600. The van der Waals surface area contributed by atoms with Crippen molar-refractivity contribution in [1.82, 2.24) is 10.2 Å². The van der Waals surface area contributed by atoms with Gasteiger partial charge in [-0.15, -0.1) is 0 Å². The first-order valence-electron chi connectivity index (χ1n) is 6.90. The van der Waals surface area contributed by atoms with E-state index >= 15 is 0 Å². The molecule has 0 bridgehead atoms. The summed E-state index contributed by atoms with van der Waals surface area (Å²) in [5.41, 5.74) is 1.24. The molecule has 1 aliphatic heterocycles. The molecule has 1 N–H and O–H groups in total. The molecule has 0 spiro atoms. The van der Waals surface area contributed by atoms with Crippen molar-refractivity contribution in [2.24, 2.45) is 5.92 Å². The minimum atomic E-state index is 0.690. The van der Waals surface area contributed by atoms with E-state index in [1.54, 1.807) is 7.11 Å². The Bertz CT molecular complexity index is 405. The molecule has 4 heteroatoms.